The number of aromatic nitrogens is 2. The van der Waals surface area contributed by atoms with Gasteiger partial charge in [-0.05, 0) is 42.8 Å². The number of nitrogens with one attached hydrogen (secondary N) is 1. The van der Waals surface area contributed by atoms with E-state index in [2.05, 4.69) is 15.5 Å². The number of aryl methyl sites for hydroxylation is 2. The number of anilines is 1. The Hall–Kier alpha value is -2.71. The Morgan fingerprint density at radius 2 is 1.86 bits per heavy atom. The van der Waals surface area contributed by atoms with E-state index in [1.807, 2.05) is 31.2 Å². The number of halogens is 1. The van der Waals surface area contributed by atoms with Crippen molar-refractivity contribution in [2.45, 2.75) is 30.4 Å². The first kappa shape index (κ1) is 20.0. The van der Waals surface area contributed by atoms with Crippen molar-refractivity contribution in [1.29, 1.82) is 0 Å². The molecule has 0 bridgehead atoms. The topological polar surface area (TPSA) is 102 Å². The number of sulfone groups is 1. The monoisotopic (exact) mass is 419 g/mol. The van der Waals surface area contributed by atoms with E-state index >= 15 is 0 Å². The molecule has 146 valence electrons. The molecular formula is C19H18ClN3O4S. The molecule has 0 radical (unpaired) electrons. The molecule has 2 aromatic carbocycles. The van der Waals surface area contributed by atoms with Crippen LogP contribution in [0.25, 0.3) is 0 Å². The van der Waals surface area contributed by atoms with Crippen LogP contribution in [0, 0.1) is 6.92 Å². The SMILES string of the molecule is Cc1ccccc1NC(=O)CCc1nc(CS(=O)(=O)c2ccc(Cl)cc2)no1. The van der Waals surface area contributed by atoms with Crippen molar-refractivity contribution in [2.24, 2.45) is 0 Å². The molecule has 0 unspecified atom stereocenters. The highest BCUT2D eigenvalue weighted by atomic mass is 35.5. The molecule has 3 aromatic rings. The summed E-state index contributed by atoms with van der Waals surface area (Å²) in [6.45, 7) is 1.90. The first-order valence-electron chi connectivity index (χ1n) is 8.49. The van der Waals surface area contributed by atoms with Gasteiger partial charge in [0.1, 0.15) is 5.75 Å². The minimum Gasteiger partial charge on any atom is -0.339 e. The van der Waals surface area contributed by atoms with Gasteiger partial charge in [-0.25, -0.2) is 8.42 Å². The molecule has 1 N–H and O–H groups in total. The Balaban J connectivity index is 1.57. The average Bonchev–Trinajstić information content (AvgIpc) is 3.09. The maximum absolute atomic E-state index is 12.4. The van der Waals surface area contributed by atoms with Crippen LogP contribution in [0.5, 0.6) is 0 Å². The average molecular weight is 420 g/mol. The van der Waals surface area contributed by atoms with Crippen molar-refractivity contribution in [3.8, 4) is 0 Å². The Morgan fingerprint density at radius 1 is 1.14 bits per heavy atom. The summed E-state index contributed by atoms with van der Waals surface area (Å²) < 4.78 is 29.9. The van der Waals surface area contributed by atoms with Gasteiger partial charge in [0.05, 0.1) is 4.90 Å². The Bertz CT molecular complexity index is 1080. The molecule has 1 aromatic heterocycles. The van der Waals surface area contributed by atoms with Crippen LogP contribution in [0.3, 0.4) is 0 Å². The number of amides is 1. The molecule has 28 heavy (non-hydrogen) atoms. The zero-order chi connectivity index (χ0) is 20.1. The van der Waals surface area contributed by atoms with Gasteiger partial charge in [0, 0.05) is 23.6 Å². The van der Waals surface area contributed by atoms with E-state index in [1.165, 1.54) is 24.3 Å². The van der Waals surface area contributed by atoms with Gasteiger partial charge in [-0.1, -0.05) is 35.0 Å². The highest BCUT2D eigenvalue weighted by Crippen LogP contribution is 2.18. The fraction of sp³-hybridized carbons (Fsp3) is 0.211. The number of hydrogen-bond acceptors (Lipinski definition) is 6. The molecule has 0 fully saturated rings. The molecule has 0 aliphatic carbocycles. The summed E-state index contributed by atoms with van der Waals surface area (Å²) in [6.07, 6.45) is 0.353. The molecule has 9 heteroatoms. The van der Waals surface area contributed by atoms with Gasteiger partial charge in [0.25, 0.3) is 0 Å². The van der Waals surface area contributed by atoms with E-state index in [1.54, 1.807) is 0 Å². The number of nitrogens with zero attached hydrogens (tertiary/aromatic N) is 2. The molecule has 0 spiro atoms. The van der Waals surface area contributed by atoms with E-state index in [-0.39, 0.29) is 35.4 Å². The molecular weight excluding hydrogens is 402 g/mol. The number of hydrogen-bond donors (Lipinski definition) is 1. The van der Waals surface area contributed by atoms with E-state index in [9.17, 15) is 13.2 Å². The second-order valence-electron chi connectivity index (χ2n) is 6.18. The van der Waals surface area contributed by atoms with Crippen molar-refractivity contribution < 1.29 is 17.7 Å². The predicted molar refractivity (Wildman–Crippen MR) is 105 cm³/mol. The maximum Gasteiger partial charge on any atom is 0.227 e. The number of rotatable bonds is 7. The third-order valence-electron chi connectivity index (χ3n) is 3.99. The lowest BCUT2D eigenvalue weighted by molar-refractivity contribution is -0.116. The van der Waals surface area contributed by atoms with Gasteiger partial charge in [-0.2, -0.15) is 4.98 Å². The second-order valence-corrected chi connectivity index (χ2v) is 8.61. The van der Waals surface area contributed by atoms with Crippen molar-refractivity contribution in [3.63, 3.8) is 0 Å². The Labute approximate surface area is 167 Å². The smallest absolute Gasteiger partial charge is 0.227 e. The molecule has 0 aliphatic heterocycles. The van der Waals surface area contributed by atoms with Crippen LogP contribution in [0.1, 0.15) is 23.7 Å². The van der Waals surface area contributed by atoms with Crippen LogP contribution in [0.4, 0.5) is 5.69 Å². The molecule has 0 aliphatic rings. The number of carbonyl (C=O) groups excluding carboxylic acids is 1. The van der Waals surface area contributed by atoms with Gasteiger partial charge >= 0.3 is 0 Å². The van der Waals surface area contributed by atoms with Crippen LogP contribution in [-0.2, 0) is 26.8 Å². The van der Waals surface area contributed by atoms with Crippen molar-refractivity contribution in [1.82, 2.24) is 10.1 Å². The standard InChI is InChI=1S/C19H18ClN3O4S/c1-13-4-2-3-5-16(13)21-18(24)10-11-19-22-17(23-27-19)12-28(25,26)15-8-6-14(20)7-9-15/h2-9H,10-12H2,1H3,(H,21,24). The zero-order valence-electron chi connectivity index (χ0n) is 15.1. The van der Waals surface area contributed by atoms with Crippen LogP contribution in [0.15, 0.2) is 57.9 Å². The predicted octanol–water partition coefficient (Wildman–Crippen LogP) is 3.58. The van der Waals surface area contributed by atoms with E-state index < -0.39 is 15.6 Å². The highest BCUT2D eigenvalue weighted by Gasteiger charge is 2.19. The summed E-state index contributed by atoms with van der Waals surface area (Å²) in [5.41, 5.74) is 1.70. The van der Waals surface area contributed by atoms with E-state index in [0.29, 0.717) is 5.02 Å². The minimum atomic E-state index is -3.62. The number of carbonyl (C=O) groups is 1. The van der Waals surface area contributed by atoms with Crippen molar-refractivity contribution >= 4 is 33.0 Å². The molecule has 0 atom stereocenters. The summed E-state index contributed by atoms with van der Waals surface area (Å²) >= 11 is 5.78. The van der Waals surface area contributed by atoms with E-state index in [0.717, 1.165) is 11.3 Å². The Morgan fingerprint density at radius 3 is 2.57 bits per heavy atom. The van der Waals surface area contributed by atoms with Crippen LogP contribution in [-0.4, -0.2) is 24.5 Å². The van der Waals surface area contributed by atoms with Crippen LogP contribution in [0.2, 0.25) is 5.02 Å². The summed E-state index contributed by atoms with van der Waals surface area (Å²) in [4.78, 5) is 16.3. The number of para-hydroxylation sites is 1. The largest absolute Gasteiger partial charge is 0.339 e. The van der Waals surface area contributed by atoms with Gasteiger partial charge in [0.15, 0.2) is 15.7 Å². The first-order valence-corrected chi connectivity index (χ1v) is 10.5. The lowest BCUT2D eigenvalue weighted by Gasteiger charge is -2.06. The van der Waals surface area contributed by atoms with E-state index in [4.69, 9.17) is 16.1 Å². The molecule has 0 saturated heterocycles. The molecule has 7 nitrogen and oxygen atoms in total. The normalized spacial score (nSPS) is 11.4. The summed E-state index contributed by atoms with van der Waals surface area (Å²) in [5.74, 6) is -0.332. The molecule has 1 amide bonds. The van der Waals surface area contributed by atoms with Gasteiger partial charge in [0.2, 0.25) is 11.8 Å². The Kier molecular flexibility index (Phi) is 6.11. The lowest BCUT2D eigenvalue weighted by Crippen LogP contribution is -2.13. The fourth-order valence-electron chi connectivity index (χ4n) is 2.49. The lowest BCUT2D eigenvalue weighted by atomic mass is 10.2. The van der Waals surface area contributed by atoms with Gasteiger partial charge < -0.3 is 9.84 Å². The third-order valence-corrected chi connectivity index (χ3v) is 5.87. The van der Waals surface area contributed by atoms with Gasteiger partial charge in [-0.3, -0.25) is 4.79 Å². The van der Waals surface area contributed by atoms with Gasteiger partial charge in [-0.15, -0.1) is 0 Å². The second kappa shape index (κ2) is 8.53. The molecule has 1 heterocycles. The quantitative estimate of drug-likeness (QED) is 0.628. The van der Waals surface area contributed by atoms with Crippen molar-refractivity contribution in [3.05, 3.63) is 70.8 Å². The molecule has 0 saturated carbocycles. The third kappa shape index (κ3) is 5.17. The zero-order valence-corrected chi connectivity index (χ0v) is 16.6. The fourth-order valence-corrected chi connectivity index (χ4v) is 3.79. The van der Waals surface area contributed by atoms with Crippen LogP contribution >= 0.6 is 11.6 Å². The van der Waals surface area contributed by atoms with Crippen LogP contribution < -0.4 is 5.32 Å². The first-order chi connectivity index (χ1) is 13.3. The maximum atomic E-state index is 12.4. The summed E-state index contributed by atoms with van der Waals surface area (Å²) in [7, 11) is -3.62. The molecule has 3 rings (SSSR count). The summed E-state index contributed by atoms with van der Waals surface area (Å²) in [6, 6.07) is 13.3. The van der Waals surface area contributed by atoms with Crippen molar-refractivity contribution in [2.75, 3.05) is 5.32 Å². The highest BCUT2D eigenvalue weighted by molar-refractivity contribution is 7.90. The minimum absolute atomic E-state index is 0.0456. The number of benzene rings is 2. The summed E-state index contributed by atoms with van der Waals surface area (Å²) in [5, 5.41) is 6.96.